The van der Waals surface area contributed by atoms with Gasteiger partial charge in [-0.1, -0.05) is 62.0 Å². The maximum atomic E-state index is 10.9. The van der Waals surface area contributed by atoms with Crippen LogP contribution in [0.4, 0.5) is 0 Å². The van der Waals surface area contributed by atoms with E-state index in [9.17, 15) is 47.9 Å². The van der Waals surface area contributed by atoms with Crippen molar-refractivity contribution in [3.63, 3.8) is 0 Å². The van der Waals surface area contributed by atoms with Crippen LogP contribution >= 0.6 is 0 Å². The zero-order valence-electron chi connectivity index (χ0n) is 36.8. The van der Waals surface area contributed by atoms with Crippen molar-refractivity contribution in [1.29, 1.82) is 0 Å². The fourth-order valence-electron chi connectivity index (χ4n) is 4.12. The molecule has 0 aromatic rings. The van der Waals surface area contributed by atoms with E-state index in [1.54, 1.807) is 27.7 Å². The van der Waals surface area contributed by atoms with Gasteiger partial charge in [0.05, 0.1) is 41.4 Å². The van der Waals surface area contributed by atoms with Gasteiger partial charge in [0, 0.05) is 5.92 Å². The molecular weight excluding hydrogens is 780 g/mol. The number of allylic oxidation sites excluding steroid dienone is 1. The van der Waals surface area contributed by atoms with Crippen molar-refractivity contribution in [2.24, 2.45) is 34.0 Å². The van der Waals surface area contributed by atoms with Crippen LogP contribution in [0.25, 0.3) is 0 Å². The Morgan fingerprint density at radius 3 is 1.41 bits per heavy atom. The van der Waals surface area contributed by atoms with Gasteiger partial charge in [-0.15, -0.1) is 0 Å². The van der Waals surface area contributed by atoms with Crippen molar-refractivity contribution in [3.05, 3.63) is 12.3 Å². The molecule has 18 nitrogen and oxygen atoms in total. The Morgan fingerprint density at radius 1 is 0.797 bits per heavy atom. The van der Waals surface area contributed by atoms with E-state index in [0.717, 1.165) is 0 Å². The molecule has 3 aliphatic rings. The minimum absolute atomic E-state index is 0.00231. The fourth-order valence-corrected chi connectivity index (χ4v) is 4.12. The van der Waals surface area contributed by atoms with Crippen LogP contribution in [0.2, 0.25) is 0 Å². The van der Waals surface area contributed by atoms with E-state index in [0.29, 0.717) is 56.8 Å². The van der Waals surface area contributed by atoms with Gasteiger partial charge in [-0.05, 0) is 66.2 Å². The largest absolute Gasteiger partial charge is 0.481 e. The summed E-state index contributed by atoms with van der Waals surface area (Å²) in [6, 6.07) is 0. The third-order valence-corrected chi connectivity index (χ3v) is 10.5. The summed E-state index contributed by atoms with van der Waals surface area (Å²) in [5, 5.41) is 17.0. The average Bonchev–Trinajstić information content (AvgIpc) is 3.68. The molecule has 2 N–H and O–H groups in total. The molecule has 0 radical (unpaired) electrons. The lowest BCUT2D eigenvalue weighted by Gasteiger charge is -2.24. The summed E-state index contributed by atoms with van der Waals surface area (Å²) in [5.74, 6) is -2.60. The van der Waals surface area contributed by atoms with Gasteiger partial charge in [-0.3, -0.25) is 47.9 Å². The molecule has 0 saturated carbocycles. The van der Waals surface area contributed by atoms with Crippen molar-refractivity contribution in [2.75, 3.05) is 6.61 Å². The third-order valence-electron chi connectivity index (χ3n) is 10.5. The smallest absolute Gasteiger partial charge is 0.320 e. The van der Waals surface area contributed by atoms with E-state index in [1.165, 1.54) is 6.92 Å². The Kier molecular flexibility index (Phi) is 27.1. The van der Waals surface area contributed by atoms with Crippen molar-refractivity contribution >= 4 is 61.2 Å². The maximum Gasteiger partial charge on any atom is 0.320 e. The second-order valence-corrected chi connectivity index (χ2v) is 15.6. The highest BCUT2D eigenvalue weighted by Crippen LogP contribution is 2.34. The molecule has 7 atom stereocenters. The van der Waals surface area contributed by atoms with E-state index in [4.69, 9.17) is 19.7 Å². The number of esters is 5. The first kappa shape index (κ1) is 58.2. The number of carbonyl (C=O) groups excluding carboxylic acids is 8. The highest BCUT2D eigenvalue weighted by Gasteiger charge is 2.44. The predicted octanol–water partition coefficient (Wildman–Crippen LogP) is 5.75. The normalized spacial score (nSPS) is 23.8. The van der Waals surface area contributed by atoms with Crippen LogP contribution in [0, 0.1) is 34.0 Å². The number of hydrogen-bond acceptors (Lipinski definition) is 16. The highest BCUT2D eigenvalue weighted by atomic mass is 16.6. The van der Waals surface area contributed by atoms with Crippen molar-refractivity contribution < 1.29 is 86.6 Å². The van der Waals surface area contributed by atoms with Crippen molar-refractivity contribution in [1.82, 2.24) is 0 Å². The summed E-state index contributed by atoms with van der Waals surface area (Å²) >= 11 is 0. The minimum atomic E-state index is -1.12. The van der Waals surface area contributed by atoms with Gasteiger partial charge >= 0.3 is 41.8 Å². The van der Waals surface area contributed by atoms with Gasteiger partial charge in [0.2, 0.25) is 0 Å². The highest BCUT2D eigenvalue weighted by molar-refractivity contribution is 5.97. The minimum Gasteiger partial charge on any atom is -0.481 e. The fraction of sp³-hybridized carbons (Fsp3) is 0.707. The Hall–Kier alpha value is -5.16. The SMILES string of the molecule is C=C1OC(=O)C(C)C1C.CC(C)C(C)OC=O.CCC(C)(CC(=O)O)C(=O)O.CCC(C)(COC=O)OC=O.CCC1(C)CC(=O)OC1=O.CCC1(C)CC(=O)OC1=O. The molecule has 18 heteroatoms. The Balaban J connectivity index is -0.000000640. The standard InChI is InChI=1S/2C7H12O4.2C7H10O3.C7H10O2.C6H12O2/c1-3-7(2,11-6-9)4-10-5-8;1-3-7(2,6(10)11)4-5(8)9;2*1-3-7(2)4-5(8)10-6(7)9;1-4-5(2)7(8)9-6(4)3;1-5(2)6(3)8-4-7/h5-6H,3-4H2,1-2H3;3-4H2,1-2H3,(H,8,9)(H,10,11);2*3-4H2,1-2H3;4-5H,3H2,1-2H3;4-6H,1-3H3. The summed E-state index contributed by atoms with van der Waals surface area (Å²) in [6.45, 7) is 28.5. The molecule has 0 aromatic heterocycles. The Morgan fingerprint density at radius 2 is 1.25 bits per heavy atom. The molecule has 0 bridgehead atoms. The number of ether oxygens (including phenoxy) is 6. The second-order valence-electron chi connectivity index (χ2n) is 15.6. The van der Waals surface area contributed by atoms with Crippen LogP contribution in [0.15, 0.2) is 12.3 Å². The number of carbonyl (C=O) groups is 10. The molecule has 338 valence electrons. The number of carboxylic acids is 2. The van der Waals surface area contributed by atoms with Crippen molar-refractivity contribution in [2.45, 2.75) is 147 Å². The second kappa shape index (κ2) is 27.5. The van der Waals surface area contributed by atoms with Gasteiger partial charge in [0.15, 0.2) is 0 Å². The molecule has 3 saturated heterocycles. The predicted molar refractivity (Wildman–Crippen MR) is 209 cm³/mol. The topological polar surface area (TPSA) is 267 Å². The lowest BCUT2D eigenvalue weighted by molar-refractivity contribution is -0.156. The van der Waals surface area contributed by atoms with Gasteiger partial charge in [-0.2, -0.15) is 0 Å². The lowest BCUT2D eigenvalue weighted by atomic mass is 9.84. The first-order valence-corrected chi connectivity index (χ1v) is 19.2. The first-order valence-electron chi connectivity index (χ1n) is 19.2. The number of carboxylic acid groups (broad SMARTS) is 2. The van der Waals surface area contributed by atoms with Crippen LogP contribution < -0.4 is 0 Å². The van der Waals surface area contributed by atoms with Gasteiger partial charge < -0.3 is 38.6 Å². The average molecular weight is 847 g/mol. The molecule has 3 fully saturated rings. The molecule has 7 unspecified atom stereocenters. The van der Waals surface area contributed by atoms with Crippen LogP contribution in [0.5, 0.6) is 0 Å². The molecule has 0 amide bonds. The van der Waals surface area contributed by atoms with E-state index in [-0.39, 0.29) is 61.7 Å². The maximum absolute atomic E-state index is 10.9. The molecule has 0 aromatic carbocycles. The molecule has 3 aliphatic heterocycles. The Bertz CT molecular complexity index is 1400. The third kappa shape index (κ3) is 21.4. The zero-order valence-corrected chi connectivity index (χ0v) is 36.8. The number of hydrogen-bond donors (Lipinski definition) is 2. The van der Waals surface area contributed by atoms with E-state index < -0.39 is 45.7 Å². The van der Waals surface area contributed by atoms with Crippen LogP contribution in [0.1, 0.15) is 135 Å². The van der Waals surface area contributed by atoms with E-state index >= 15 is 0 Å². The lowest BCUT2D eigenvalue weighted by Crippen LogP contribution is -2.33. The number of rotatable bonds is 15. The first-order chi connectivity index (χ1) is 27.1. The summed E-state index contributed by atoms with van der Waals surface area (Å²) in [5.41, 5.74) is -2.89. The van der Waals surface area contributed by atoms with E-state index in [1.807, 2.05) is 55.4 Å². The summed E-state index contributed by atoms with van der Waals surface area (Å²) in [4.78, 5) is 104. The van der Waals surface area contributed by atoms with Gasteiger partial charge in [0.1, 0.15) is 24.1 Å². The van der Waals surface area contributed by atoms with Gasteiger partial charge in [-0.25, -0.2) is 0 Å². The molecule has 3 rings (SSSR count). The molecule has 3 heterocycles. The quantitative estimate of drug-likeness (QED) is 0.0860. The van der Waals surface area contributed by atoms with E-state index in [2.05, 4.69) is 25.5 Å². The number of aliphatic carboxylic acids is 2. The van der Waals surface area contributed by atoms with Crippen LogP contribution in [-0.4, -0.2) is 89.7 Å². The molecule has 0 aliphatic carbocycles. The molecule has 59 heavy (non-hydrogen) atoms. The van der Waals surface area contributed by atoms with Crippen LogP contribution in [0.3, 0.4) is 0 Å². The van der Waals surface area contributed by atoms with Crippen LogP contribution in [-0.2, 0) is 76.4 Å². The molecule has 0 spiro atoms. The Labute approximate surface area is 347 Å². The van der Waals surface area contributed by atoms with Crippen molar-refractivity contribution in [3.8, 4) is 0 Å². The van der Waals surface area contributed by atoms with Gasteiger partial charge in [0.25, 0.3) is 19.4 Å². The summed E-state index contributed by atoms with van der Waals surface area (Å²) < 4.78 is 27.3. The monoisotopic (exact) mass is 846 g/mol. The summed E-state index contributed by atoms with van der Waals surface area (Å²) in [7, 11) is 0. The molecular formula is C41H66O18. The summed E-state index contributed by atoms with van der Waals surface area (Å²) in [6.07, 6.45) is 2.47. The zero-order chi connectivity index (χ0) is 46.9. The number of cyclic esters (lactones) is 5.